The Morgan fingerprint density at radius 3 is 2.94 bits per heavy atom. The van der Waals surface area contributed by atoms with Gasteiger partial charge in [0.1, 0.15) is 5.58 Å². The fraction of sp³-hybridized carbons (Fsp3) is 0.385. The zero-order valence-corrected chi connectivity index (χ0v) is 10.5. The lowest BCUT2D eigenvalue weighted by Crippen LogP contribution is -2.18. The van der Waals surface area contributed by atoms with E-state index in [-0.39, 0.29) is 6.10 Å². The summed E-state index contributed by atoms with van der Waals surface area (Å²) in [5.41, 5.74) is 1.79. The van der Waals surface area contributed by atoms with Gasteiger partial charge in [-0.1, -0.05) is 18.2 Å². The normalized spacial score (nSPS) is 13.1. The van der Waals surface area contributed by atoms with Crippen molar-refractivity contribution < 1.29 is 9.52 Å². The van der Waals surface area contributed by atoms with Gasteiger partial charge in [-0.2, -0.15) is 0 Å². The molecule has 0 radical (unpaired) electrons. The molecular formula is C13H16ClNO2. The van der Waals surface area contributed by atoms with E-state index in [9.17, 15) is 0 Å². The summed E-state index contributed by atoms with van der Waals surface area (Å²) in [4.78, 5) is 0. The lowest BCUT2D eigenvalue weighted by Gasteiger charge is -2.05. The molecule has 0 aliphatic rings. The summed E-state index contributed by atoms with van der Waals surface area (Å²) in [6.45, 7) is 3.19. The predicted molar refractivity (Wildman–Crippen MR) is 69.2 cm³/mol. The molecule has 0 amide bonds. The second-order valence-corrected chi connectivity index (χ2v) is 4.51. The SMILES string of the molecule is CC(O)CCNCc1c(Cl)oc2ccccc12. The highest BCUT2D eigenvalue weighted by molar-refractivity contribution is 6.30. The molecule has 0 bridgehead atoms. The summed E-state index contributed by atoms with van der Waals surface area (Å²) >= 11 is 6.05. The summed E-state index contributed by atoms with van der Waals surface area (Å²) in [6, 6.07) is 7.79. The molecule has 0 aliphatic heterocycles. The second-order valence-electron chi connectivity index (χ2n) is 4.16. The van der Waals surface area contributed by atoms with Crippen molar-refractivity contribution in [2.24, 2.45) is 0 Å². The number of fused-ring (bicyclic) bond motifs is 1. The van der Waals surface area contributed by atoms with E-state index in [1.54, 1.807) is 6.92 Å². The number of aliphatic hydroxyl groups excluding tert-OH is 1. The zero-order valence-electron chi connectivity index (χ0n) is 9.74. The molecule has 1 aromatic carbocycles. The first-order chi connectivity index (χ1) is 8.18. The van der Waals surface area contributed by atoms with Crippen LogP contribution in [0.15, 0.2) is 28.7 Å². The number of rotatable bonds is 5. The van der Waals surface area contributed by atoms with Crippen molar-refractivity contribution in [3.8, 4) is 0 Å². The topological polar surface area (TPSA) is 45.4 Å². The Bertz CT molecular complexity index is 493. The van der Waals surface area contributed by atoms with Crippen LogP contribution < -0.4 is 5.32 Å². The maximum Gasteiger partial charge on any atom is 0.199 e. The number of hydrogen-bond donors (Lipinski definition) is 2. The summed E-state index contributed by atoms with van der Waals surface area (Å²) in [6.07, 6.45) is 0.451. The lowest BCUT2D eigenvalue weighted by atomic mass is 10.2. The van der Waals surface area contributed by atoms with E-state index in [4.69, 9.17) is 21.1 Å². The van der Waals surface area contributed by atoms with E-state index in [0.717, 1.165) is 29.5 Å². The van der Waals surface area contributed by atoms with E-state index in [2.05, 4.69) is 5.32 Å². The van der Waals surface area contributed by atoms with Crippen molar-refractivity contribution in [3.05, 3.63) is 35.0 Å². The molecule has 1 atom stereocenters. The van der Waals surface area contributed by atoms with Crippen LogP contribution in [0.25, 0.3) is 11.0 Å². The Morgan fingerprint density at radius 2 is 2.18 bits per heavy atom. The molecule has 0 saturated heterocycles. The van der Waals surface area contributed by atoms with Gasteiger partial charge in [0.2, 0.25) is 0 Å². The summed E-state index contributed by atoms with van der Waals surface area (Å²) < 4.78 is 5.45. The second kappa shape index (κ2) is 5.54. The van der Waals surface area contributed by atoms with Crippen LogP contribution in [0.4, 0.5) is 0 Å². The van der Waals surface area contributed by atoms with Crippen LogP contribution in [-0.4, -0.2) is 17.8 Å². The van der Waals surface area contributed by atoms with Crippen LogP contribution >= 0.6 is 11.6 Å². The van der Waals surface area contributed by atoms with Gasteiger partial charge in [-0.15, -0.1) is 0 Å². The Labute approximate surface area is 105 Å². The van der Waals surface area contributed by atoms with Gasteiger partial charge < -0.3 is 14.8 Å². The van der Waals surface area contributed by atoms with Crippen molar-refractivity contribution in [1.82, 2.24) is 5.32 Å². The van der Waals surface area contributed by atoms with Crippen molar-refractivity contribution in [3.63, 3.8) is 0 Å². The molecule has 0 spiro atoms. The average Bonchev–Trinajstić information content (AvgIpc) is 2.60. The van der Waals surface area contributed by atoms with E-state index in [0.29, 0.717) is 11.8 Å². The first kappa shape index (κ1) is 12.4. The van der Waals surface area contributed by atoms with Gasteiger partial charge in [0, 0.05) is 17.5 Å². The lowest BCUT2D eigenvalue weighted by molar-refractivity contribution is 0.183. The van der Waals surface area contributed by atoms with Gasteiger partial charge in [-0.05, 0) is 37.6 Å². The van der Waals surface area contributed by atoms with Crippen LogP contribution in [-0.2, 0) is 6.54 Å². The van der Waals surface area contributed by atoms with E-state index in [1.807, 2.05) is 24.3 Å². The van der Waals surface area contributed by atoms with E-state index >= 15 is 0 Å². The van der Waals surface area contributed by atoms with E-state index < -0.39 is 0 Å². The number of halogens is 1. The average molecular weight is 254 g/mol. The molecular weight excluding hydrogens is 238 g/mol. The molecule has 17 heavy (non-hydrogen) atoms. The van der Waals surface area contributed by atoms with Gasteiger partial charge >= 0.3 is 0 Å². The fourth-order valence-corrected chi connectivity index (χ4v) is 2.01. The molecule has 0 aliphatic carbocycles. The van der Waals surface area contributed by atoms with Crippen LogP contribution in [0.2, 0.25) is 5.22 Å². The number of hydrogen-bond acceptors (Lipinski definition) is 3. The molecule has 0 fully saturated rings. The molecule has 2 aromatic rings. The van der Waals surface area contributed by atoms with Gasteiger partial charge in [0.05, 0.1) is 6.10 Å². The molecule has 1 heterocycles. The standard InChI is InChI=1S/C13H16ClNO2/c1-9(16)6-7-15-8-11-10-4-2-3-5-12(10)17-13(11)14/h2-5,9,15-16H,6-8H2,1H3. The fourth-order valence-electron chi connectivity index (χ4n) is 1.76. The number of para-hydroxylation sites is 1. The van der Waals surface area contributed by atoms with Crippen molar-refractivity contribution >= 4 is 22.6 Å². The Hall–Kier alpha value is -1.03. The Morgan fingerprint density at radius 1 is 1.41 bits per heavy atom. The Kier molecular flexibility index (Phi) is 4.05. The number of nitrogens with one attached hydrogen (secondary N) is 1. The van der Waals surface area contributed by atoms with Gasteiger partial charge in [0.15, 0.2) is 5.22 Å². The minimum atomic E-state index is -0.279. The van der Waals surface area contributed by atoms with Crippen LogP contribution in [0.3, 0.4) is 0 Å². The third-order valence-corrected chi connectivity index (χ3v) is 2.99. The maximum absolute atomic E-state index is 9.15. The van der Waals surface area contributed by atoms with Gasteiger partial charge in [-0.25, -0.2) is 0 Å². The van der Waals surface area contributed by atoms with Crippen molar-refractivity contribution in [2.45, 2.75) is 26.0 Å². The maximum atomic E-state index is 9.15. The molecule has 2 rings (SSSR count). The molecule has 1 aromatic heterocycles. The summed E-state index contributed by atoms with van der Waals surface area (Å²) in [5, 5.41) is 13.9. The van der Waals surface area contributed by atoms with Crippen LogP contribution in [0, 0.1) is 0 Å². The first-order valence-electron chi connectivity index (χ1n) is 5.73. The third-order valence-electron chi connectivity index (χ3n) is 2.69. The van der Waals surface area contributed by atoms with Crippen molar-refractivity contribution in [2.75, 3.05) is 6.54 Å². The van der Waals surface area contributed by atoms with Gasteiger partial charge in [0.25, 0.3) is 0 Å². The highest BCUT2D eigenvalue weighted by Gasteiger charge is 2.11. The largest absolute Gasteiger partial charge is 0.444 e. The molecule has 4 heteroatoms. The third kappa shape index (κ3) is 3.00. The first-order valence-corrected chi connectivity index (χ1v) is 6.11. The zero-order chi connectivity index (χ0) is 12.3. The smallest absolute Gasteiger partial charge is 0.199 e. The van der Waals surface area contributed by atoms with Crippen molar-refractivity contribution in [1.29, 1.82) is 0 Å². The molecule has 2 N–H and O–H groups in total. The Balaban J connectivity index is 2.05. The van der Waals surface area contributed by atoms with Gasteiger partial charge in [-0.3, -0.25) is 0 Å². The molecule has 92 valence electrons. The van der Waals surface area contributed by atoms with Crippen LogP contribution in [0.5, 0.6) is 0 Å². The van der Waals surface area contributed by atoms with E-state index in [1.165, 1.54) is 0 Å². The summed E-state index contributed by atoms with van der Waals surface area (Å²) in [5.74, 6) is 0. The minimum absolute atomic E-state index is 0.279. The minimum Gasteiger partial charge on any atom is -0.444 e. The molecule has 1 unspecified atom stereocenters. The molecule has 0 saturated carbocycles. The predicted octanol–water partition coefficient (Wildman–Crippen LogP) is 2.95. The number of benzene rings is 1. The highest BCUT2D eigenvalue weighted by Crippen LogP contribution is 2.29. The highest BCUT2D eigenvalue weighted by atomic mass is 35.5. The number of furan rings is 1. The van der Waals surface area contributed by atoms with Crippen LogP contribution in [0.1, 0.15) is 18.9 Å². The number of aliphatic hydroxyl groups is 1. The monoisotopic (exact) mass is 253 g/mol. The quantitative estimate of drug-likeness (QED) is 0.806. The summed E-state index contributed by atoms with van der Waals surface area (Å²) in [7, 11) is 0. The molecule has 3 nitrogen and oxygen atoms in total.